The Kier molecular flexibility index (Phi) is 5.33. The van der Waals surface area contributed by atoms with Crippen LogP contribution in [0.2, 0.25) is 0 Å². The van der Waals surface area contributed by atoms with E-state index >= 15 is 0 Å². The molecular weight excluding hydrogens is 244 g/mol. The molecule has 0 unspecified atom stereocenters. The van der Waals surface area contributed by atoms with Crippen LogP contribution in [0, 0.1) is 6.92 Å². The van der Waals surface area contributed by atoms with E-state index in [0.29, 0.717) is 6.54 Å². The third kappa shape index (κ3) is 4.48. The van der Waals surface area contributed by atoms with Gasteiger partial charge in [0.05, 0.1) is 0 Å². The fraction of sp³-hybridized carbons (Fsp3) is 0.333. The molecule has 0 atom stereocenters. The SMILES string of the molecule is Cc1cccc(CCN(C)Cc2cccc(CN)c2)c1. The first-order chi connectivity index (χ1) is 9.67. The van der Waals surface area contributed by atoms with Crippen molar-refractivity contribution in [2.45, 2.75) is 26.4 Å². The van der Waals surface area contributed by atoms with Crippen LogP contribution in [0.15, 0.2) is 48.5 Å². The van der Waals surface area contributed by atoms with Gasteiger partial charge < -0.3 is 10.6 Å². The Morgan fingerprint density at radius 2 is 1.65 bits per heavy atom. The highest BCUT2D eigenvalue weighted by atomic mass is 15.1. The lowest BCUT2D eigenvalue weighted by Crippen LogP contribution is -2.20. The summed E-state index contributed by atoms with van der Waals surface area (Å²) in [5.41, 5.74) is 11.0. The molecule has 2 N–H and O–H groups in total. The van der Waals surface area contributed by atoms with Crippen LogP contribution in [0.5, 0.6) is 0 Å². The Balaban J connectivity index is 1.87. The number of aryl methyl sites for hydroxylation is 1. The maximum atomic E-state index is 5.68. The Labute approximate surface area is 122 Å². The summed E-state index contributed by atoms with van der Waals surface area (Å²) in [6.45, 7) is 4.79. The predicted octanol–water partition coefficient (Wildman–Crippen LogP) is 3.13. The second-order valence-electron chi connectivity index (χ2n) is 5.50. The number of hydrogen-bond donors (Lipinski definition) is 1. The Bertz CT molecular complexity index is 549. The van der Waals surface area contributed by atoms with Gasteiger partial charge >= 0.3 is 0 Å². The summed E-state index contributed by atoms with van der Waals surface area (Å²) in [5.74, 6) is 0. The van der Waals surface area contributed by atoms with Crippen molar-refractivity contribution in [3.63, 3.8) is 0 Å². The van der Waals surface area contributed by atoms with Crippen LogP contribution in [0.4, 0.5) is 0 Å². The fourth-order valence-corrected chi connectivity index (χ4v) is 2.43. The average Bonchev–Trinajstić information content (AvgIpc) is 2.45. The zero-order chi connectivity index (χ0) is 14.4. The summed E-state index contributed by atoms with van der Waals surface area (Å²) >= 11 is 0. The van der Waals surface area contributed by atoms with Crippen molar-refractivity contribution >= 4 is 0 Å². The van der Waals surface area contributed by atoms with Gasteiger partial charge in [-0.3, -0.25) is 0 Å². The minimum atomic E-state index is 0.612. The van der Waals surface area contributed by atoms with Gasteiger partial charge in [-0.1, -0.05) is 54.1 Å². The van der Waals surface area contributed by atoms with E-state index in [1.165, 1.54) is 22.3 Å². The van der Waals surface area contributed by atoms with Gasteiger partial charge in [-0.2, -0.15) is 0 Å². The molecule has 0 heterocycles. The van der Waals surface area contributed by atoms with Gasteiger partial charge in [-0.05, 0) is 37.1 Å². The molecule has 0 amide bonds. The van der Waals surface area contributed by atoms with Gasteiger partial charge in [-0.25, -0.2) is 0 Å². The van der Waals surface area contributed by atoms with Gasteiger partial charge in [0.15, 0.2) is 0 Å². The molecule has 0 aliphatic heterocycles. The number of nitrogens with zero attached hydrogens (tertiary/aromatic N) is 1. The van der Waals surface area contributed by atoms with Gasteiger partial charge in [0.2, 0.25) is 0 Å². The highest BCUT2D eigenvalue weighted by molar-refractivity contribution is 5.24. The molecule has 2 rings (SSSR count). The normalized spacial score (nSPS) is 11.0. The van der Waals surface area contributed by atoms with E-state index in [1.54, 1.807) is 0 Å². The summed E-state index contributed by atoms with van der Waals surface area (Å²) in [6.07, 6.45) is 1.09. The molecule has 106 valence electrons. The maximum absolute atomic E-state index is 5.68. The van der Waals surface area contributed by atoms with Gasteiger partial charge in [0.1, 0.15) is 0 Å². The van der Waals surface area contributed by atoms with E-state index in [9.17, 15) is 0 Å². The predicted molar refractivity (Wildman–Crippen MR) is 85.6 cm³/mol. The molecule has 20 heavy (non-hydrogen) atoms. The van der Waals surface area contributed by atoms with Crippen LogP contribution >= 0.6 is 0 Å². The monoisotopic (exact) mass is 268 g/mol. The second kappa shape index (κ2) is 7.22. The third-order valence-electron chi connectivity index (χ3n) is 3.54. The molecule has 2 aromatic carbocycles. The van der Waals surface area contributed by atoms with Crippen molar-refractivity contribution in [2.24, 2.45) is 5.73 Å². The standard InChI is InChI=1S/C18H24N2/c1-15-5-3-6-16(11-15)9-10-20(2)14-18-8-4-7-17(12-18)13-19/h3-8,11-12H,9-10,13-14,19H2,1-2H3. The molecular formula is C18H24N2. The molecule has 0 spiro atoms. The van der Waals surface area contributed by atoms with Crippen LogP contribution in [-0.4, -0.2) is 18.5 Å². The summed E-state index contributed by atoms with van der Waals surface area (Å²) < 4.78 is 0. The molecule has 0 radical (unpaired) electrons. The molecule has 0 fully saturated rings. The molecule has 0 aliphatic rings. The average molecular weight is 268 g/mol. The summed E-state index contributed by atoms with van der Waals surface area (Å²) in [4.78, 5) is 2.36. The highest BCUT2D eigenvalue weighted by Crippen LogP contribution is 2.09. The smallest absolute Gasteiger partial charge is 0.0230 e. The summed E-state index contributed by atoms with van der Waals surface area (Å²) in [6, 6.07) is 17.3. The zero-order valence-electron chi connectivity index (χ0n) is 12.5. The topological polar surface area (TPSA) is 29.3 Å². The van der Waals surface area contributed by atoms with Crippen molar-refractivity contribution in [1.82, 2.24) is 4.90 Å². The van der Waals surface area contributed by atoms with Crippen LogP contribution in [-0.2, 0) is 19.5 Å². The number of likely N-dealkylation sites (N-methyl/N-ethyl adjacent to an activating group) is 1. The third-order valence-corrected chi connectivity index (χ3v) is 3.54. The van der Waals surface area contributed by atoms with Crippen molar-refractivity contribution < 1.29 is 0 Å². The van der Waals surface area contributed by atoms with E-state index in [1.807, 2.05) is 0 Å². The molecule has 0 aliphatic carbocycles. The molecule has 0 saturated carbocycles. The van der Waals surface area contributed by atoms with Crippen molar-refractivity contribution in [3.05, 3.63) is 70.8 Å². The van der Waals surface area contributed by atoms with E-state index in [2.05, 4.69) is 67.4 Å². The number of hydrogen-bond acceptors (Lipinski definition) is 2. The number of nitrogens with two attached hydrogens (primary N) is 1. The van der Waals surface area contributed by atoms with E-state index < -0.39 is 0 Å². The maximum Gasteiger partial charge on any atom is 0.0230 e. The van der Waals surface area contributed by atoms with Crippen LogP contribution in [0.1, 0.15) is 22.3 Å². The van der Waals surface area contributed by atoms with Crippen LogP contribution in [0.25, 0.3) is 0 Å². The molecule has 2 heteroatoms. The Morgan fingerprint density at radius 1 is 0.950 bits per heavy atom. The quantitative estimate of drug-likeness (QED) is 0.872. The number of rotatable bonds is 6. The second-order valence-corrected chi connectivity index (χ2v) is 5.50. The van der Waals surface area contributed by atoms with Gasteiger partial charge in [0, 0.05) is 19.6 Å². The summed E-state index contributed by atoms with van der Waals surface area (Å²) in [7, 11) is 2.17. The zero-order valence-corrected chi connectivity index (χ0v) is 12.5. The molecule has 2 aromatic rings. The van der Waals surface area contributed by atoms with Crippen LogP contribution < -0.4 is 5.73 Å². The first kappa shape index (κ1) is 14.8. The minimum absolute atomic E-state index is 0.612. The van der Waals surface area contributed by atoms with E-state index in [4.69, 9.17) is 5.73 Å². The lowest BCUT2D eigenvalue weighted by molar-refractivity contribution is 0.331. The van der Waals surface area contributed by atoms with Crippen molar-refractivity contribution in [3.8, 4) is 0 Å². The van der Waals surface area contributed by atoms with E-state index in [0.717, 1.165) is 19.5 Å². The van der Waals surface area contributed by atoms with Crippen LogP contribution in [0.3, 0.4) is 0 Å². The first-order valence-corrected chi connectivity index (χ1v) is 7.19. The summed E-state index contributed by atoms with van der Waals surface area (Å²) in [5, 5.41) is 0. The van der Waals surface area contributed by atoms with E-state index in [-0.39, 0.29) is 0 Å². The lowest BCUT2D eigenvalue weighted by atomic mass is 10.1. The minimum Gasteiger partial charge on any atom is -0.326 e. The molecule has 0 bridgehead atoms. The fourth-order valence-electron chi connectivity index (χ4n) is 2.43. The molecule has 0 aromatic heterocycles. The largest absolute Gasteiger partial charge is 0.326 e. The molecule has 2 nitrogen and oxygen atoms in total. The van der Waals surface area contributed by atoms with Crippen molar-refractivity contribution in [2.75, 3.05) is 13.6 Å². The Hall–Kier alpha value is -1.64. The van der Waals surface area contributed by atoms with Crippen molar-refractivity contribution in [1.29, 1.82) is 0 Å². The molecule has 0 saturated heterocycles. The Morgan fingerprint density at radius 3 is 2.40 bits per heavy atom. The highest BCUT2D eigenvalue weighted by Gasteiger charge is 2.02. The lowest BCUT2D eigenvalue weighted by Gasteiger charge is -2.17. The van der Waals surface area contributed by atoms with Gasteiger partial charge in [-0.15, -0.1) is 0 Å². The number of benzene rings is 2. The first-order valence-electron chi connectivity index (χ1n) is 7.19. The van der Waals surface area contributed by atoms with Gasteiger partial charge in [0.25, 0.3) is 0 Å².